The van der Waals surface area contributed by atoms with Crippen LogP contribution in [0.1, 0.15) is 13.8 Å². The Labute approximate surface area is 86.8 Å². The molecule has 0 saturated heterocycles. The maximum absolute atomic E-state index is 11.2. The Hall–Kier alpha value is -1.60. The normalized spacial score (nSPS) is 15.3. The third-order valence-corrected chi connectivity index (χ3v) is 2.02. The first-order chi connectivity index (χ1) is 6.93. The number of Topliss-reactive ketones (excluding diaryl/α,β-unsaturated/α-hetero) is 1. The lowest BCUT2D eigenvalue weighted by Gasteiger charge is -2.15. The molecule has 7 heteroatoms. The number of allylic oxidation sites excluding steroid dienone is 1. The molecule has 1 aliphatic rings. The molecule has 84 valence electrons. The second kappa shape index (κ2) is 4.28. The summed E-state index contributed by atoms with van der Waals surface area (Å²) in [6.45, 7) is 2.99. The summed E-state index contributed by atoms with van der Waals surface area (Å²) in [7, 11) is 1.49. The monoisotopic (exact) mass is 215 g/mol. The van der Waals surface area contributed by atoms with Crippen LogP contribution >= 0.6 is 0 Å². The lowest BCUT2D eigenvalue weighted by Crippen LogP contribution is -2.35. The standard InChI is InChI=1S/C8H13N3O4/c1-5-7(9-15-11(5)14)4-10(3)8(13)6(2)12/h9,14H,4H2,1-3H3. The Morgan fingerprint density at radius 2 is 2.20 bits per heavy atom. The van der Waals surface area contributed by atoms with Crippen molar-refractivity contribution in [1.29, 1.82) is 0 Å². The molecule has 0 aromatic heterocycles. The highest BCUT2D eigenvalue weighted by atomic mass is 17.0. The van der Waals surface area contributed by atoms with Gasteiger partial charge in [-0.05, 0) is 6.92 Å². The molecule has 1 heterocycles. The van der Waals surface area contributed by atoms with Crippen molar-refractivity contribution in [3.63, 3.8) is 0 Å². The molecule has 0 aromatic carbocycles. The zero-order chi connectivity index (χ0) is 11.6. The van der Waals surface area contributed by atoms with Gasteiger partial charge in [0.2, 0.25) is 5.78 Å². The molecule has 7 nitrogen and oxygen atoms in total. The molecule has 0 bridgehead atoms. The number of likely N-dealkylation sites (N-methyl/N-ethyl adjacent to an activating group) is 1. The average Bonchev–Trinajstić information content (AvgIpc) is 2.48. The number of nitrogens with zero attached hydrogens (tertiary/aromatic N) is 2. The van der Waals surface area contributed by atoms with Gasteiger partial charge >= 0.3 is 0 Å². The number of rotatable bonds is 3. The first kappa shape index (κ1) is 11.5. The van der Waals surface area contributed by atoms with Gasteiger partial charge in [-0.3, -0.25) is 14.8 Å². The quantitative estimate of drug-likeness (QED) is 0.612. The SMILES string of the molecule is CC(=O)C(=O)N(C)CC1=C(C)N(O)ON1. The molecule has 0 atom stereocenters. The first-order valence-corrected chi connectivity index (χ1v) is 4.31. The Bertz CT molecular complexity index is 326. The minimum Gasteiger partial charge on any atom is -0.333 e. The summed E-state index contributed by atoms with van der Waals surface area (Å²) in [4.78, 5) is 27.8. The van der Waals surface area contributed by atoms with Gasteiger partial charge in [0.1, 0.15) is 0 Å². The topological polar surface area (TPSA) is 82.1 Å². The lowest BCUT2D eigenvalue weighted by molar-refractivity contribution is -0.323. The van der Waals surface area contributed by atoms with Gasteiger partial charge in [-0.1, -0.05) is 0 Å². The van der Waals surface area contributed by atoms with E-state index in [-0.39, 0.29) is 6.54 Å². The fourth-order valence-electron chi connectivity index (χ4n) is 1.08. The molecule has 0 spiro atoms. The van der Waals surface area contributed by atoms with E-state index in [0.29, 0.717) is 16.6 Å². The maximum Gasteiger partial charge on any atom is 0.289 e. The summed E-state index contributed by atoms with van der Waals surface area (Å²) in [6.07, 6.45) is 0. The van der Waals surface area contributed by atoms with Gasteiger partial charge in [-0.25, -0.2) is 5.48 Å². The van der Waals surface area contributed by atoms with Crippen LogP contribution in [0.3, 0.4) is 0 Å². The van der Waals surface area contributed by atoms with Crippen molar-refractivity contribution in [2.75, 3.05) is 13.6 Å². The van der Waals surface area contributed by atoms with Gasteiger partial charge in [0.15, 0.2) is 0 Å². The molecular formula is C8H13N3O4. The smallest absolute Gasteiger partial charge is 0.289 e. The van der Waals surface area contributed by atoms with Crippen molar-refractivity contribution in [2.24, 2.45) is 0 Å². The van der Waals surface area contributed by atoms with Crippen molar-refractivity contribution < 1.29 is 19.7 Å². The van der Waals surface area contributed by atoms with Crippen molar-refractivity contribution in [3.05, 3.63) is 11.4 Å². The van der Waals surface area contributed by atoms with Gasteiger partial charge in [-0.2, -0.15) is 0 Å². The van der Waals surface area contributed by atoms with Crippen LogP contribution in [0.2, 0.25) is 0 Å². The van der Waals surface area contributed by atoms with Crippen LogP contribution in [-0.2, 0) is 14.5 Å². The highest BCUT2D eigenvalue weighted by Gasteiger charge is 2.22. The summed E-state index contributed by atoms with van der Waals surface area (Å²) in [5.41, 5.74) is 3.40. The molecule has 15 heavy (non-hydrogen) atoms. The van der Waals surface area contributed by atoms with E-state index >= 15 is 0 Å². The number of ketones is 1. The largest absolute Gasteiger partial charge is 0.333 e. The number of nitrogens with one attached hydrogen (secondary N) is 1. The van der Waals surface area contributed by atoms with Crippen molar-refractivity contribution in [1.82, 2.24) is 15.6 Å². The Morgan fingerprint density at radius 3 is 2.60 bits per heavy atom. The zero-order valence-corrected chi connectivity index (χ0v) is 8.77. The third kappa shape index (κ3) is 2.45. The van der Waals surface area contributed by atoms with Crippen molar-refractivity contribution >= 4 is 11.7 Å². The minimum atomic E-state index is -0.589. The maximum atomic E-state index is 11.2. The van der Waals surface area contributed by atoms with E-state index in [1.807, 2.05) is 0 Å². The van der Waals surface area contributed by atoms with Crippen LogP contribution in [0.25, 0.3) is 0 Å². The van der Waals surface area contributed by atoms with Crippen LogP contribution in [-0.4, -0.2) is 40.6 Å². The van der Waals surface area contributed by atoms with Crippen LogP contribution in [0.4, 0.5) is 0 Å². The van der Waals surface area contributed by atoms with E-state index < -0.39 is 11.7 Å². The molecule has 0 aromatic rings. The van der Waals surface area contributed by atoms with Gasteiger partial charge in [0, 0.05) is 14.0 Å². The molecule has 0 fully saturated rings. The summed E-state index contributed by atoms with van der Waals surface area (Å²) < 4.78 is 0. The number of hydroxylamine groups is 3. The number of carbonyl (C=O) groups excluding carboxylic acids is 2. The number of hydrogen-bond acceptors (Lipinski definition) is 6. The van der Waals surface area contributed by atoms with Crippen LogP contribution in [0.15, 0.2) is 11.4 Å². The Morgan fingerprint density at radius 1 is 1.60 bits per heavy atom. The van der Waals surface area contributed by atoms with Crippen LogP contribution in [0.5, 0.6) is 0 Å². The van der Waals surface area contributed by atoms with Gasteiger partial charge in [-0.15, -0.1) is 10.2 Å². The fourth-order valence-corrected chi connectivity index (χ4v) is 1.08. The third-order valence-electron chi connectivity index (χ3n) is 2.02. The van der Waals surface area contributed by atoms with E-state index in [4.69, 9.17) is 5.21 Å². The molecule has 2 N–H and O–H groups in total. The number of hydrogen-bond donors (Lipinski definition) is 2. The van der Waals surface area contributed by atoms with Crippen LogP contribution in [0, 0.1) is 0 Å². The molecule has 0 saturated carbocycles. The highest BCUT2D eigenvalue weighted by molar-refractivity contribution is 6.35. The zero-order valence-electron chi connectivity index (χ0n) is 8.77. The molecule has 1 aliphatic heterocycles. The molecule has 0 radical (unpaired) electrons. The number of carbonyl (C=O) groups is 2. The Balaban J connectivity index is 2.63. The van der Waals surface area contributed by atoms with Crippen LogP contribution < -0.4 is 5.48 Å². The Kier molecular flexibility index (Phi) is 3.28. The molecule has 0 aliphatic carbocycles. The minimum absolute atomic E-state index is 0.168. The molecule has 1 rings (SSSR count). The van der Waals surface area contributed by atoms with Crippen molar-refractivity contribution in [2.45, 2.75) is 13.8 Å². The summed E-state index contributed by atoms with van der Waals surface area (Å²) in [5.74, 6) is -1.12. The molecular weight excluding hydrogens is 202 g/mol. The molecule has 1 amide bonds. The summed E-state index contributed by atoms with van der Waals surface area (Å²) in [5, 5.41) is 9.61. The second-order valence-electron chi connectivity index (χ2n) is 3.25. The summed E-state index contributed by atoms with van der Waals surface area (Å²) >= 11 is 0. The average molecular weight is 215 g/mol. The van der Waals surface area contributed by atoms with E-state index in [1.54, 1.807) is 6.92 Å². The summed E-state index contributed by atoms with van der Waals surface area (Å²) in [6, 6.07) is 0. The van der Waals surface area contributed by atoms with Gasteiger partial charge in [0.05, 0.1) is 17.9 Å². The van der Waals surface area contributed by atoms with E-state index in [1.165, 1.54) is 18.9 Å². The molecule has 0 unspecified atom stereocenters. The van der Waals surface area contributed by atoms with E-state index in [9.17, 15) is 9.59 Å². The first-order valence-electron chi connectivity index (χ1n) is 4.31. The number of amides is 1. The van der Waals surface area contributed by atoms with E-state index in [2.05, 4.69) is 10.4 Å². The highest BCUT2D eigenvalue weighted by Crippen LogP contribution is 2.13. The van der Waals surface area contributed by atoms with Crippen molar-refractivity contribution in [3.8, 4) is 0 Å². The van der Waals surface area contributed by atoms with E-state index in [0.717, 1.165) is 0 Å². The fraction of sp³-hybridized carbons (Fsp3) is 0.500. The van der Waals surface area contributed by atoms with Gasteiger partial charge in [0.25, 0.3) is 5.91 Å². The second-order valence-corrected chi connectivity index (χ2v) is 3.25. The predicted octanol–water partition coefficient (Wildman–Crippen LogP) is -0.594. The van der Waals surface area contributed by atoms with Gasteiger partial charge < -0.3 is 4.90 Å². The predicted molar refractivity (Wildman–Crippen MR) is 48.9 cm³/mol. The lowest BCUT2D eigenvalue weighted by atomic mass is 10.3.